The molecule has 1 aliphatic heterocycles. The average Bonchev–Trinajstić information content (AvgIpc) is 3.13. The first-order valence-corrected chi connectivity index (χ1v) is 9.84. The van der Waals surface area contributed by atoms with E-state index in [-0.39, 0.29) is 18.5 Å². The Hall–Kier alpha value is -2.37. The number of benzene rings is 3. The quantitative estimate of drug-likeness (QED) is 0.430. The van der Waals surface area contributed by atoms with E-state index in [4.69, 9.17) is 21.1 Å². The summed E-state index contributed by atoms with van der Waals surface area (Å²) in [6, 6.07) is 15.6. The van der Waals surface area contributed by atoms with Crippen molar-refractivity contribution in [1.29, 1.82) is 0 Å². The number of carbonyl (C=O) groups excluding carboxylic acids is 1. The van der Waals surface area contributed by atoms with Crippen LogP contribution in [0.1, 0.15) is 15.9 Å². The van der Waals surface area contributed by atoms with Crippen molar-refractivity contribution >= 4 is 33.8 Å². The van der Waals surface area contributed by atoms with Gasteiger partial charge in [-0.1, -0.05) is 39.7 Å². The maximum Gasteiger partial charge on any atom is 0.165 e. The van der Waals surface area contributed by atoms with Gasteiger partial charge in [0.1, 0.15) is 18.5 Å². The Morgan fingerprint density at radius 2 is 2.04 bits per heavy atom. The number of carbonyl (C=O) groups is 1. The van der Waals surface area contributed by atoms with E-state index in [2.05, 4.69) is 15.9 Å². The van der Waals surface area contributed by atoms with E-state index < -0.39 is 0 Å². The summed E-state index contributed by atoms with van der Waals surface area (Å²) < 4.78 is 26.2. The Morgan fingerprint density at radius 1 is 1.18 bits per heavy atom. The molecule has 1 aliphatic rings. The molecular formula is C22H15BrClFO3. The molecule has 0 fully saturated rings. The zero-order valence-electron chi connectivity index (χ0n) is 14.6. The Balaban J connectivity index is 1.54. The molecule has 3 aromatic rings. The second kappa shape index (κ2) is 7.94. The van der Waals surface area contributed by atoms with Crippen LogP contribution in [0.3, 0.4) is 0 Å². The minimum absolute atomic E-state index is 0.264. The van der Waals surface area contributed by atoms with E-state index in [0.717, 1.165) is 21.9 Å². The molecule has 0 bridgehead atoms. The van der Waals surface area contributed by atoms with Gasteiger partial charge in [0, 0.05) is 32.6 Å². The molecule has 0 radical (unpaired) electrons. The van der Waals surface area contributed by atoms with E-state index in [1.54, 1.807) is 30.3 Å². The molecule has 0 amide bonds. The summed E-state index contributed by atoms with van der Waals surface area (Å²) in [6.45, 7) is 0.264. The number of hydrogen-bond acceptors (Lipinski definition) is 3. The van der Waals surface area contributed by atoms with Crippen molar-refractivity contribution < 1.29 is 18.7 Å². The van der Waals surface area contributed by atoms with Crippen LogP contribution in [0.4, 0.5) is 4.39 Å². The third kappa shape index (κ3) is 3.77. The molecule has 0 saturated carbocycles. The summed E-state index contributed by atoms with van der Waals surface area (Å²) in [7, 11) is 0. The highest BCUT2D eigenvalue weighted by atomic mass is 79.9. The van der Waals surface area contributed by atoms with Crippen LogP contribution < -0.4 is 9.47 Å². The molecule has 1 heterocycles. The Labute approximate surface area is 175 Å². The Kier molecular flexibility index (Phi) is 5.38. The fourth-order valence-corrected chi connectivity index (χ4v) is 3.83. The predicted octanol–water partition coefficient (Wildman–Crippen LogP) is 6.10. The molecule has 28 heavy (non-hydrogen) atoms. The summed E-state index contributed by atoms with van der Waals surface area (Å²) in [6.07, 6.45) is 1.11. The van der Waals surface area contributed by atoms with Gasteiger partial charge < -0.3 is 9.47 Å². The van der Waals surface area contributed by atoms with Crippen molar-refractivity contribution in [1.82, 2.24) is 0 Å². The van der Waals surface area contributed by atoms with Crippen molar-refractivity contribution in [3.05, 3.63) is 81.0 Å². The lowest BCUT2D eigenvalue weighted by Crippen LogP contribution is -2.22. The van der Waals surface area contributed by atoms with Gasteiger partial charge in [0.25, 0.3) is 0 Å². The molecule has 142 valence electrons. The molecule has 3 aromatic carbocycles. The van der Waals surface area contributed by atoms with Crippen LogP contribution in [-0.2, 0) is 6.42 Å². The predicted molar refractivity (Wildman–Crippen MR) is 110 cm³/mol. The molecule has 0 N–H and O–H groups in total. The fourth-order valence-electron chi connectivity index (χ4n) is 3.25. The van der Waals surface area contributed by atoms with Crippen molar-refractivity contribution in [3.8, 4) is 22.6 Å². The zero-order chi connectivity index (χ0) is 19.7. The molecule has 0 aromatic heterocycles. The molecule has 3 nitrogen and oxygen atoms in total. The first kappa shape index (κ1) is 19.0. The maximum atomic E-state index is 13.8. The molecule has 6 heteroatoms. The first-order valence-electron chi connectivity index (χ1n) is 8.66. The van der Waals surface area contributed by atoms with Gasteiger partial charge in [-0.3, -0.25) is 4.79 Å². The molecule has 0 aliphatic carbocycles. The third-order valence-corrected chi connectivity index (χ3v) is 5.41. The molecule has 1 unspecified atom stereocenters. The van der Waals surface area contributed by atoms with Crippen molar-refractivity contribution in [2.45, 2.75) is 12.5 Å². The summed E-state index contributed by atoms with van der Waals surface area (Å²) >= 11 is 9.75. The fraction of sp³-hybridized carbons (Fsp3) is 0.136. The van der Waals surface area contributed by atoms with E-state index in [1.165, 1.54) is 6.07 Å². The number of aldehydes is 1. The van der Waals surface area contributed by atoms with Crippen LogP contribution in [0.2, 0.25) is 5.02 Å². The van der Waals surface area contributed by atoms with E-state index in [0.29, 0.717) is 34.1 Å². The van der Waals surface area contributed by atoms with Crippen molar-refractivity contribution in [2.75, 3.05) is 6.61 Å². The van der Waals surface area contributed by atoms with Crippen molar-refractivity contribution in [3.63, 3.8) is 0 Å². The SMILES string of the molecule is O=Cc1ccc(OCC2Cc3cccc(F)c3O2)cc1-c1cc(Br)ccc1Cl. The zero-order valence-corrected chi connectivity index (χ0v) is 17.0. The number of para-hydroxylation sites is 1. The van der Waals surface area contributed by atoms with Crippen LogP contribution in [0.15, 0.2) is 59.1 Å². The first-order chi connectivity index (χ1) is 13.5. The van der Waals surface area contributed by atoms with E-state index in [1.807, 2.05) is 18.2 Å². The number of halogens is 3. The summed E-state index contributed by atoms with van der Waals surface area (Å²) in [5, 5.41) is 0.536. The maximum absolute atomic E-state index is 13.8. The lowest BCUT2D eigenvalue weighted by Gasteiger charge is -2.15. The topological polar surface area (TPSA) is 35.5 Å². The van der Waals surface area contributed by atoms with Crippen LogP contribution in [0.25, 0.3) is 11.1 Å². The van der Waals surface area contributed by atoms with Crippen LogP contribution in [0.5, 0.6) is 11.5 Å². The lowest BCUT2D eigenvalue weighted by atomic mass is 10.00. The summed E-state index contributed by atoms with van der Waals surface area (Å²) in [5.41, 5.74) is 2.76. The number of hydrogen-bond donors (Lipinski definition) is 0. The standard InChI is InChI=1S/C22H15BrClFO3/c23-15-5-7-20(24)19(9-15)18-10-16(6-4-14(18)11-26)27-12-17-8-13-2-1-3-21(25)22(13)28-17/h1-7,9-11,17H,8,12H2. The van der Waals surface area contributed by atoms with Gasteiger partial charge >= 0.3 is 0 Å². The molecule has 4 rings (SSSR count). The highest BCUT2D eigenvalue weighted by Crippen LogP contribution is 2.35. The van der Waals surface area contributed by atoms with Gasteiger partial charge in [-0.25, -0.2) is 4.39 Å². The van der Waals surface area contributed by atoms with Crippen LogP contribution >= 0.6 is 27.5 Å². The Morgan fingerprint density at radius 3 is 2.82 bits per heavy atom. The second-order valence-electron chi connectivity index (χ2n) is 6.47. The minimum atomic E-state index is -0.359. The van der Waals surface area contributed by atoms with Crippen molar-refractivity contribution in [2.24, 2.45) is 0 Å². The number of fused-ring (bicyclic) bond motifs is 1. The number of ether oxygens (including phenoxy) is 2. The summed E-state index contributed by atoms with van der Waals surface area (Å²) in [5.74, 6) is 0.521. The van der Waals surface area contributed by atoms with Gasteiger partial charge in [-0.2, -0.15) is 0 Å². The minimum Gasteiger partial charge on any atom is -0.490 e. The van der Waals surface area contributed by atoms with Gasteiger partial charge in [0.2, 0.25) is 0 Å². The molecule has 0 saturated heterocycles. The van der Waals surface area contributed by atoms with Gasteiger partial charge in [-0.05, 0) is 48.0 Å². The Bertz CT molecular complexity index is 1050. The summed E-state index contributed by atoms with van der Waals surface area (Å²) in [4.78, 5) is 11.5. The van der Waals surface area contributed by atoms with Crippen LogP contribution in [-0.4, -0.2) is 19.0 Å². The van der Waals surface area contributed by atoms with Gasteiger partial charge in [0.05, 0.1) is 0 Å². The highest BCUT2D eigenvalue weighted by molar-refractivity contribution is 9.10. The van der Waals surface area contributed by atoms with E-state index in [9.17, 15) is 9.18 Å². The van der Waals surface area contributed by atoms with Gasteiger partial charge in [0.15, 0.2) is 17.9 Å². The number of rotatable bonds is 5. The average molecular weight is 462 g/mol. The van der Waals surface area contributed by atoms with Crippen LogP contribution in [0, 0.1) is 5.82 Å². The highest BCUT2D eigenvalue weighted by Gasteiger charge is 2.26. The molecule has 1 atom stereocenters. The monoisotopic (exact) mass is 460 g/mol. The smallest absolute Gasteiger partial charge is 0.165 e. The third-order valence-electron chi connectivity index (χ3n) is 4.59. The largest absolute Gasteiger partial charge is 0.490 e. The normalized spacial score (nSPS) is 15.0. The molecule has 0 spiro atoms. The van der Waals surface area contributed by atoms with Gasteiger partial charge in [-0.15, -0.1) is 0 Å². The van der Waals surface area contributed by atoms with E-state index >= 15 is 0 Å². The lowest BCUT2D eigenvalue weighted by molar-refractivity contribution is 0.112. The second-order valence-corrected chi connectivity index (χ2v) is 7.80. The molecular weight excluding hydrogens is 447 g/mol.